The van der Waals surface area contributed by atoms with E-state index in [4.69, 9.17) is 10.5 Å². The number of hydrogen-bond donors (Lipinski definition) is 1. The first-order chi connectivity index (χ1) is 7.63. The minimum absolute atomic E-state index is 0.254. The second-order valence-corrected chi connectivity index (χ2v) is 3.76. The number of ether oxygens (including phenoxy) is 1. The molecule has 0 saturated heterocycles. The van der Waals surface area contributed by atoms with E-state index >= 15 is 0 Å². The number of hydrogen-bond acceptors (Lipinski definition) is 2. The molecule has 84 valence electrons. The van der Waals surface area contributed by atoms with E-state index in [-0.39, 0.29) is 12.3 Å². The summed E-state index contributed by atoms with van der Waals surface area (Å²) in [5.41, 5.74) is 7.14. The topological polar surface area (TPSA) is 57.2 Å². The van der Waals surface area contributed by atoms with Crippen molar-refractivity contribution in [2.45, 2.75) is 6.42 Å². The molecule has 4 heteroatoms. The van der Waals surface area contributed by atoms with Crippen molar-refractivity contribution in [3.8, 4) is 5.75 Å². The number of carbonyl (C=O) groups excluding carboxylic acids is 1. The zero-order valence-electron chi connectivity index (χ0n) is 9.36. The molecule has 0 bridgehead atoms. The molecule has 1 heterocycles. The summed E-state index contributed by atoms with van der Waals surface area (Å²) in [6.45, 7) is 0. The van der Waals surface area contributed by atoms with Gasteiger partial charge in [-0.15, -0.1) is 0 Å². The van der Waals surface area contributed by atoms with Crippen molar-refractivity contribution in [2.75, 3.05) is 7.11 Å². The Bertz CT molecular complexity index is 543. The summed E-state index contributed by atoms with van der Waals surface area (Å²) in [5, 5.41) is 1.01. The van der Waals surface area contributed by atoms with Crippen molar-refractivity contribution >= 4 is 16.8 Å². The minimum Gasteiger partial charge on any atom is -0.495 e. The van der Waals surface area contributed by atoms with Crippen LogP contribution in [0.5, 0.6) is 5.75 Å². The maximum atomic E-state index is 11.0. The third kappa shape index (κ3) is 1.62. The standard InChI is InChI=1S/C12H14N2O2/c1-14-7-8(6-11(13)15)9-4-3-5-10(16-2)12(9)14/h3-5,7H,6H2,1-2H3,(H2,13,15). The Morgan fingerprint density at radius 3 is 2.88 bits per heavy atom. The van der Waals surface area contributed by atoms with E-state index in [1.807, 2.05) is 36.0 Å². The zero-order chi connectivity index (χ0) is 11.7. The Kier molecular flexibility index (Phi) is 2.56. The van der Waals surface area contributed by atoms with Crippen LogP contribution >= 0.6 is 0 Å². The van der Waals surface area contributed by atoms with Crippen molar-refractivity contribution in [1.82, 2.24) is 4.57 Å². The Morgan fingerprint density at radius 2 is 2.25 bits per heavy atom. The number of fused-ring (bicyclic) bond motifs is 1. The lowest BCUT2D eigenvalue weighted by Gasteiger charge is -2.03. The van der Waals surface area contributed by atoms with Gasteiger partial charge in [0, 0.05) is 18.6 Å². The van der Waals surface area contributed by atoms with Crippen molar-refractivity contribution in [3.05, 3.63) is 30.0 Å². The van der Waals surface area contributed by atoms with Crippen molar-refractivity contribution < 1.29 is 9.53 Å². The van der Waals surface area contributed by atoms with Crippen LogP contribution in [0.4, 0.5) is 0 Å². The van der Waals surface area contributed by atoms with Gasteiger partial charge in [-0.05, 0) is 11.6 Å². The fourth-order valence-corrected chi connectivity index (χ4v) is 2.01. The van der Waals surface area contributed by atoms with Crippen LogP contribution in [0, 0.1) is 0 Å². The van der Waals surface area contributed by atoms with Gasteiger partial charge in [0.05, 0.1) is 19.0 Å². The van der Waals surface area contributed by atoms with Gasteiger partial charge in [0.25, 0.3) is 0 Å². The second-order valence-electron chi connectivity index (χ2n) is 3.76. The van der Waals surface area contributed by atoms with E-state index in [0.29, 0.717) is 0 Å². The molecule has 0 atom stereocenters. The second kappa shape index (κ2) is 3.89. The van der Waals surface area contributed by atoms with Gasteiger partial charge in [0.15, 0.2) is 0 Å². The number of para-hydroxylation sites is 1. The van der Waals surface area contributed by atoms with Crippen LogP contribution in [0.25, 0.3) is 10.9 Å². The van der Waals surface area contributed by atoms with Gasteiger partial charge in [-0.25, -0.2) is 0 Å². The maximum Gasteiger partial charge on any atom is 0.221 e. The predicted octanol–water partition coefficient (Wildman–Crippen LogP) is 1.21. The summed E-state index contributed by atoms with van der Waals surface area (Å²) in [6.07, 6.45) is 2.17. The number of nitrogens with zero attached hydrogens (tertiary/aromatic N) is 1. The van der Waals surface area contributed by atoms with Crippen LogP contribution in [0.2, 0.25) is 0 Å². The molecule has 2 N–H and O–H groups in total. The van der Waals surface area contributed by atoms with E-state index in [1.165, 1.54) is 0 Å². The van der Waals surface area contributed by atoms with Gasteiger partial charge < -0.3 is 15.0 Å². The van der Waals surface area contributed by atoms with Crippen LogP contribution in [0.3, 0.4) is 0 Å². The Hall–Kier alpha value is -1.97. The summed E-state index contributed by atoms with van der Waals surface area (Å²) >= 11 is 0. The molecule has 0 unspecified atom stereocenters. The molecule has 16 heavy (non-hydrogen) atoms. The molecule has 0 saturated carbocycles. The molecule has 0 spiro atoms. The highest BCUT2D eigenvalue weighted by molar-refractivity contribution is 5.92. The molecule has 0 aliphatic rings. The quantitative estimate of drug-likeness (QED) is 0.842. The Balaban J connectivity index is 2.66. The van der Waals surface area contributed by atoms with E-state index in [0.717, 1.165) is 22.2 Å². The molecule has 0 aliphatic carbocycles. The Labute approximate surface area is 93.6 Å². The van der Waals surface area contributed by atoms with Crippen LogP contribution in [0.15, 0.2) is 24.4 Å². The average molecular weight is 218 g/mol. The number of aromatic nitrogens is 1. The average Bonchev–Trinajstić information content (AvgIpc) is 2.55. The summed E-state index contributed by atoms with van der Waals surface area (Å²) < 4.78 is 7.24. The molecular formula is C12H14N2O2. The largest absolute Gasteiger partial charge is 0.495 e. The lowest BCUT2D eigenvalue weighted by molar-refractivity contribution is -0.117. The molecule has 0 radical (unpaired) electrons. The smallest absolute Gasteiger partial charge is 0.221 e. The number of nitrogens with two attached hydrogens (primary N) is 1. The lowest BCUT2D eigenvalue weighted by Crippen LogP contribution is -2.13. The third-order valence-corrected chi connectivity index (χ3v) is 2.63. The van der Waals surface area contributed by atoms with Gasteiger partial charge in [0.1, 0.15) is 5.75 Å². The molecule has 2 aromatic rings. The van der Waals surface area contributed by atoms with Crippen LogP contribution in [0.1, 0.15) is 5.56 Å². The molecular weight excluding hydrogens is 204 g/mol. The predicted molar refractivity (Wildman–Crippen MR) is 62.4 cm³/mol. The molecule has 0 fully saturated rings. The first-order valence-corrected chi connectivity index (χ1v) is 5.02. The molecule has 1 aromatic carbocycles. The molecule has 1 aromatic heterocycles. The van der Waals surface area contributed by atoms with Crippen molar-refractivity contribution in [3.63, 3.8) is 0 Å². The highest BCUT2D eigenvalue weighted by atomic mass is 16.5. The fraction of sp³-hybridized carbons (Fsp3) is 0.250. The van der Waals surface area contributed by atoms with E-state index in [1.54, 1.807) is 7.11 Å². The molecule has 4 nitrogen and oxygen atoms in total. The number of primary amides is 1. The summed E-state index contributed by atoms with van der Waals surface area (Å²) in [7, 11) is 3.56. The normalized spacial score (nSPS) is 10.6. The summed E-state index contributed by atoms with van der Waals surface area (Å²) in [4.78, 5) is 11.0. The maximum absolute atomic E-state index is 11.0. The highest BCUT2D eigenvalue weighted by Gasteiger charge is 2.11. The van der Waals surface area contributed by atoms with Gasteiger partial charge in [-0.2, -0.15) is 0 Å². The number of methoxy groups -OCH3 is 1. The number of rotatable bonds is 3. The minimum atomic E-state index is -0.324. The van der Waals surface area contributed by atoms with Gasteiger partial charge in [0.2, 0.25) is 5.91 Å². The third-order valence-electron chi connectivity index (χ3n) is 2.63. The zero-order valence-corrected chi connectivity index (χ0v) is 9.36. The van der Waals surface area contributed by atoms with Crippen LogP contribution < -0.4 is 10.5 Å². The van der Waals surface area contributed by atoms with E-state index in [2.05, 4.69) is 0 Å². The van der Waals surface area contributed by atoms with E-state index in [9.17, 15) is 4.79 Å². The highest BCUT2D eigenvalue weighted by Crippen LogP contribution is 2.29. The van der Waals surface area contributed by atoms with Crippen LogP contribution in [-0.2, 0) is 18.3 Å². The summed E-state index contributed by atoms with van der Waals surface area (Å²) in [6, 6.07) is 5.78. The lowest BCUT2D eigenvalue weighted by atomic mass is 10.1. The number of aryl methyl sites for hydroxylation is 1. The fourth-order valence-electron chi connectivity index (χ4n) is 2.01. The van der Waals surface area contributed by atoms with Gasteiger partial charge in [-0.1, -0.05) is 12.1 Å². The molecule has 1 amide bonds. The van der Waals surface area contributed by atoms with Crippen molar-refractivity contribution in [1.29, 1.82) is 0 Å². The number of carbonyl (C=O) groups is 1. The first-order valence-electron chi connectivity index (χ1n) is 5.02. The van der Waals surface area contributed by atoms with E-state index < -0.39 is 0 Å². The van der Waals surface area contributed by atoms with Crippen molar-refractivity contribution in [2.24, 2.45) is 12.8 Å². The summed E-state index contributed by atoms with van der Waals surface area (Å²) in [5.74, 6) is 0.478. The van der Waals surface area contributed by atoms with Gasteiger partial charge >= 0.3 is 0 Å². The van der Waals surface area contributed by atoms with Crippen LogP contribution in [-0.4, -0.2) is 17.6 Å². The number of amides is 1. The SMILES string of the molecule is COc1cccc2c(CC(N)=O)cn(C)c12. The molecule has 0 aliphatic heterocycles. The van der Waals surface area contributed by atoms with Gasteiger partial charge in [-0.3, -0.25) is 4.79 Å². The molecule has 2 rings (SSSR count). The number of benzene rings is 1. The monoisotopic (exact) mass is 218 g/mol. The Morgan fingerprint density at radius 1 is 1.50 bits per heavy atom. The first kappa shape index (κ1) is 10.5.